The molecular formula is C30H37F3O2. The Morgan fingerprint density at radius 1 is 0.829 bits per heavy atom. The fourth-order valence-electron chi connectivity index (χ4n) is 5.58. The van der Waals surface area contributed by atoms with Crippen LogP contribution in [0.1, 0.15) is 87.7 Å². The normalized spacial score (nSPS) is 24.7. The molecule has 5 heteroatoms. The van der Waals surface area contributed by atoms with E-state index in [1.807, 2.05) is 12.1 Å². The van der Waals surface area contributed by atoms with Crippen LogP contribution < -0.4 is 9.47 Å². The topological polar surface area (TPSA) is 18.5 Å². The van der Waals surface area contributed by atoms with Gasteiger partial charge >= 0.3 is 0 Å². The van der Waals surface area contributed by atoms with Gasteiger partial charge < -0.3 is 9.47 Å². The zero-order valence-electron chi connectivity index (χ0n) is 20.7. The van der Waals surface area contributed by atoms with Gasteiger partial charge in [-0.2, -0.15) is 0 Å². The van der Waals surface area contributed by atoms with E-state index in [9.17, 15) is 8.78 Å². The summed E-state index contributed by atoms with van der Waals surface area (Å²) in [6.07, 6.45) is 9.74. The lowest BCUT2D eigenvalue weighted by molar-refractivity contribution is 0.193. The highest BCUT2D eigenvalue weighted by atomic mass is 19.2. The Morgan fingerprint density at radius 3 is 2.00 bits per heavy atom. The zero-order valence-corrected chi connectivity index (χ0v) is 20.7. The molecule has 2 aliphatic carbocycles. The maximum absolute atomic E-state index is 15.1. The highest BCUT2D eigenvalue weighted by molar-refractivity contribution is 5.33. The van der Waals surface area contributed by atoms with Crippen molar-refractivity contribution in [1.82, 2.24) is 0 Å². The number of hydrogen-bond acceptors (Lipinski definition) is 2. The first kappa shape index (κ1) is 25.7. The Labute approximate surface area is 207 Å². The third-order valence-corrected chi connectivity index (χ3v) is 7.85. The van der Waals surface area contributed by atoms with Gasteiger partial charge in [0.05, 0.1) is 13.2 Å². The lowest BCUT2D eigenvalue weighted by Crippen LogP contribution is -2.20. The minimum absolute atomic E-state index is 0.0184. The molecule has 2 saturated carbocycles. The van der Waals surface area contributed by atoms with Crippen LogP contribution in [-0.2, 0) is 0 Å². The first-order valence-electron chi connectivity index (χ1n) is 13.1. The quantitative estimate of drug-likeness (QED) is 0.261. The Morgan fingerprint density at radius 2 is 1.43 bits per heavy atom. The van der Waals surface area contributed by atoms with Crippen LogP contribution in [0.3, 0.4) is 0 Å². The third-order valence-electron chi connectivity index (χ3n) is 7.85. The van der Waals surface area contributed by atoms with Crippen LogP contribution in [0.4, 0.5) is 13.2 Å². The number of benzene rings is 2. The van der Waals surface area contributed by atoms with E-state index in [0.29, 0.717) is 42.4 Å². The minimum atomic E-state index is -0.654. The van der Waals surface area contributed by atoms with Crippen LogP contribution in [-0.4, -0.2) is 13.2 Å². The van der Waals surface area contributed by atoms with Crippen molar-refractivity contribution < 1.29 is 22.6 Å². The molecule has 0 unspecified atom stereocenters. The van der Waals surface area contributed by atoms with Gasteiger partial charge in [-0.05, 0) is 91.9 Å². The molecular weight excluding hydrogens is 449 g/mol. The fourth-order valence-corrected chi connectivity index (χ4v) is 5.58. The van der Waals surface area contributed by atoms with Gasteiger partial charge in [-0.25, -0.2) is 13.2 Å². The molecule has 0 heterocycles. The second kappa shape index (κ2) is 12.0. The largest absolute Gasteiger partial charge is 0.493 e. The second-order valence-electron chi connectivity index (χ2n) is 10.4. The molecule has 0 atom stereocenters. The van der Waals surface area contributed by atoms with Crippen LogP contribution in [0.2, 0.25) is 0 Å². The summed E-state index contributed by atoms with van der Waals surface area (Å²) < 4.78 is 55.6. The van der Waals surface area contributed by atoms with Crippen LogP contribution in [0, 0.1) is 29.3 Å². The van der Waals surface area contributed by atoms with Crippen LogP contribution in [0.25, 0.3) is 0 Å². The molecule has 2 aromatic rings. The summed E-state index contributed by atoms with van der Waals surface area (Å²) in [6.45, 7) is 6.73. The molecule has 0 spiro atoms. The van der Waals surface area contributed by atoms with E-state index in [4.69, 9.17) is 9.47 Å². The van der Waals surface area contributed by atoms with E-state index in [0.717, 1.165) is 51.4 Å². The standard InChI is InChI=1S/C30H37F3O2/c1-3-4-17-34-24-13-16-28(27(31)18-24)35-19-21-7-11-23(12-8-21)26-15-14-25(29(32)30(26)33)22-9-5-20(2)6-10-22/h3,13-16,18,20-23H,1,4-12,17,19H2,2H3. The SMILES string of the molecule is C=CCCOc1ccc(OCC2CCC(c3ccc(C4CCC(C)CC4)c(F)c3F)CC2)c(F)c1. The first-order chi connectivity index (χ1) is 17.0. The molecule has 35 heavy (non-hydrogen) atoms. The Kier molecular flexibility index (Phi) is 8.80. The third kappa shape index (κ3) is 6.42. The summed E-state index contributed by atoms with van der Waals surface area (Å²) in [5.74, 6) is 0.0405. The van der Waals surface area contributed by atoms with Crippen molar-refractivity contribution in [1.29, 1.82) is 0 Å². The van der Waals surface area contributed by atoms with Crippen molar-refractivity contribution in [3.8, 4) is 11.5 Å². The second-order valence-corrected chi connectivity index (χ2v) is 10.4. The number of rotatable bonds is 9. The van der Waals surface area contributed by atoms with Crippen LogP contribution >= 0.6 is 0 Å². The summed E-state index contributed by atoms with van der Waals surface area (Å²) >= 11 is 0. The fraction of sp³-hybridized carbons (Fsp3) is 0.533. The molecule has 0 radical (unpaired) electrons. The molecule has 0 bridgehead atoms. The summed E-state index contributed by atoms with van der Waals surface area (Å²) in [4.78, 5) is 0. The average molecular weight is 487 g/mol. The Hall–Kier alpha value is -2.43. The van der Waals surface area contributed by atoms with E-state index < -0.39 is 17.5 Å². The Balaban J connectivity index is 1.29. The molecule has 190 valence electrons. The minimum Gasteiger partial charge on any atom is -0.493 e. The van der Waals surface area contributed by atoms with E-state index in [-0.39, 0.29) is 23.5 Å². The molecule has 0 N–H and O–H groups in total. The molecule has 0 aromatic heterocycles. The van der Waals surface area contributed by atoms with Crippen molar-refractivity contribution in [2.24, 2.45) is 11.8 Å². The molecule has 2 fully saturated rings. The summed E-state index contributed by atoms with van der Waals surface area (Å²) in [7, 11) is 0. The van der Waals surface area contributed by atoms with Crippen molar-refractivity contribution in [3.05, 3.63) is 71.6 Å². The van der Waals surface area contributed by atoms with Crippen molar-refractivity contribution >= 4 is 0 Å². The van der Waals surface area contributed by atoms with Crippen molar-refractivity contribution in [3.63, 3.8) is 0 Å². The van der Waals surface area contributed by atoms with Gasteiger partial charge in [-0.15, -0.1) is 6.58 Å². The average Bonchev–Trinajstić information content (AvgIpc) is 2.86. The van der Waals surface area contributed by atoms with Gasteiger partial charge in [-0.3, -0.25) is 0 Å². The van der Waals surface area contributed by atoms with Crippen LogP contribution in [0.5, 0.6) is 11.5 Å². The van der Waals surface area contributed by atoms with E-state index >= 15 is 4.39 Å². The zero-order chi connectivity index (χ0) is 24.8. The van der Waals surface area contributed by atoms with Gasteiger partial charge in [-0.1, -0.05) is 38.0 Å². The Bertz CT molecular complexity index is 989. The van der Waals surface area contributed by atoms with E-state index in [1.165, 1.54) is 6.07 Å². The lowest BCUT2D eigenvalue weighted by Gasteiger charge is -2.30. The number of hydrogen-bond donors (Lipinski definition) is 0. The smallest absolute Gasteiger partial charge is 0.168 e. The van der Waals surface area contributed by atoms with E-state index in [2.05, 4.69) is 13.5 Å². The maximum Gasteiger partial charge on any atom is 0.168 e. The number of ether oxygens (including phenoxy) is 2. The predicted molar refractivity (Wildman–Crippen MR) is 134 cm³/mol. The molecule has 2 aliphatic rings. The molecule has 4 rings (SSSR count). The molecule has 0 amide bonds. The first-order valence-corrected chi connectivity index (χ1v) is 13.1. The maximum atomic E-state index is 15.1. The highest BCUT2D eigenvalue weighted by Gasteiger charge is 2.29. The molecule has 0 saturated heterocycles. The van der Waals surface area contributed by atoms with Crippen molar-refractivity contribution in [2.75, 3.05) is 13.2 Å². The summed E-state index contributed by atoms with van der Waals surface area (Å²) in [5.41, 5.74) is 1.06. The summed E-state index contributed by atoms with van der Waals surface area (Å²) in [6, 6.07) is 8.28. The summed E-state index contributed by atoms with van der Waals surface area (Å²) in [5, 5.41) is 0. The van der Waals surface area contributed by atoms with Crippen LogP contribution in [0.15, 0.2) is 43.0 Å². The molecule has 2 aromatic carbocycles. The highest BCUT2D eigenvalue weighted by Crippen LogP contribution is 2.41. The molecule has 2 nitrogen and oxygen atoms in total. The van der Waals surface area contributed by atoms with Gasteiger partial charge in [0.2, 0.25) is 0 Å². The van der Waals surface area contributed by atoms with Gasteiger partial charge in [0.1, 0.15) is 5.75 Å². The van der Waals surface area contributed by atoms with Gasteiger partial charge in [0.25, 0.3) is 0 Å². The lowest BCUT2D eigenvalue weighted by atomic mass is 9.76. The predicted octanol–water partition coefficient (Wildman–Crippen LogP) is 8.71. The van der Waals surface area contributed by atoms with Gasteiger partial charge in [0.15, 0.2) is 23.2 Å². The van der Waals surface area contributed by atoms with E-state index in [1.54, 1.807) is 18.2 Å². The van der Waals surface area contributed by atoms with Gasteiger partial charge in [0, 0.05) is 6.07 Å². The monoisotopic (exact) mass is 486 g/mol. The number of halogens is 3. The van der Waals surface area contributed by atoms with Crippen molar-refractivity contribution in [2.45, 2.75) is 76.5 Å². The molecule has 0 aliphatic heterocycles.